The highest BCUT2D eigenvalue weighted by molar-refractivity contribution is 7.98. The Kier molecular flexibility index (Phi) is 20.2. The van der Waals surface area contributed by atoms with E-state index in [2.05, 4.69) is 9.80 Å². The molecule has 106 heavy (non-hydrogen) atoms. The second-order valence-electron chi connectivity index (χ2n) is 25.2. The third kappa shape index (κ3) is 19.6. The largest absolute Gasteiger partial charge is 0.416 e. The van der Waals surface area contributed by atoms with E-state index in [1.807, 2.05) is 0 Å². The molecule has 12 nitrogen and oxygen atoms in total. The zero-order valence-electron chi connectivity index (χ0n) is 71.7. The second kappa shape index (κ2) is 35.1. The number of hydrogen-bond donors (Lipinski definition) is 0. The summed E-state index contributed by atoms with van der Waals surface area (Å²) in [7, 11) is 3.14. The monoisotopic (exact) mass is 1510 g/mol. The normalized spacial score (nSPS) is 16.5. The molecule has 2 saturated heterocycles. The van der Waals surface area contributed by atoms with E-state index in [-0.39, 0.29) is 41.5 Å². The van der Waals surface area contributed by atoms with E-state index in [9.17, 15) is 54.6 Å². The minimum atomic E-state index is -4.52. The SMILES string of the molecule is [2H]c1c(C)c([2H])c2c(=O)c([2H])c(SC([2H])([2H])c3cccc(F)c3F)n(C([2H])([2H])C(=O)N(Cc3ccc(-c4ccc(C(F)(F)F)cc4)cc3)C3CCN(CCOC)CC3)c2c1[2H].[2H]c1c(C)c([2H])c2c(=O)c([2H])c(SCc3cccc(F)c3F)n(C([2H])([2H])C(=O)N(Cc3ccc(-c4ccc(C(F)(F)F)cc4)cc3)C3CCN(CCOC)CC3)c2c1[2H]. The van der Waals surface area contributed by atoms with Crippen molar-refractivity contribution in [3.63, 3.8) is 0 Å². The van der Waals surface area contributed by atoms with Gasteiger partial charge in [0, 0.05) is 127 Å². The fraction of sp³-hybridized carbons (Fsp3) is 0.317. The Morgan fingerprint density at radius 1 is 0.509 bits per heavy atom. The molecule has 2 fully saturated rings. The van der Waals surface area contributed by atoms with E-state index in [1.54, 1.807) is 62.8 Å². The first-order valence-corrected chi connectivity index (χ1v) is 35.4. The van der Waals surface area contributed by atoms with Crippen LogP contribution < -0.4 is 10.9 Å². The molecule has 2 amide bonds. The van der Waals surface area contributed by atoms with Gasteiger partial charge in [0.1, 0.15) is 13.0 Å². The molecule has 8 aromatic carbocycles. The van der Waals surface area contributed by atoms with Gasteiger partial charge >= 0.3 is 12.4 Å². The standard InChI is InChI=1S/2C41H40F5N3O3S/c2*1-27-6-15-36-34(22-27)37(50)23-39(53-26-31-4-3-5-35(42)40(31)43)49(36)25-38(51)48(33-16-18-47(19-17-33)20-21-52-2)24-28-7-9-29(10-8-28)30-11-13-32(14-12-30)41(44,45)46/h2*3-15,22-23,33H,16-21,24-26H2,1-2H3/i6D,15D,22D,23D,25D2,26D2;6D,15D,22D,23D,25D2. The molecule has 4 heterocycles. The number of carbonyl (C=O) groups is 2. The molecule has 0 bridgehead atoms. The number of methoxy groups -OCH3 is 2. The Morgan fingerprint density at radius 2 is 0.877 bits per heavy atom. The maximum Gasteiger partial charge on any atom is 0.416 e. The number of alkyl halides is 6. The third-order valence-electron chi connectivity index (χ3n) is 18.0. The number of benzene rings is 8. The molecule has 556 valence electrons. The van der Waals surface area contributed by atoms with Crippen LogP contribution in [0.25, 0.3) is 44.1 Å². The fourth-order valence-electron chi connectivity index (χ4n) is 12.3. The van der Waals surface area contributed by atoms with E-state index in [1.165, 1.54) is 60.0 Å². The fourth-order valence-corrected chi connectivity index (χ4v) is 13.9. The summed E-state index contributed by atoms with van der Waals surface area (Å²) in [6.07, 6.45) is -7.49. The van der Waals surface area contributed by atoms with Crippen LogP contribution in [0.2, 0.25) is 0 Å². The van der Waals surface area contributed by atoms with Crippen LogP contribution in [0, 0.1) is 37.1 Å². The van der Waals surface area contributed by atoms with Crippen LogP contribution in [0.4, 0.5) is 43.9 Å². The molecule has 0 saturated carbocycles. The van der Waals surface area contributed by atoms with Crippen LogP contribution in [0.3, 0.4) is 0 Å². The van der Waals surface area contributed by atoms with E-state index in [0.29, 0.717) is 132 Å². The van der Waals surface area contributed by atoms with Gasteiger partial charge in [-0.05, 0) is 133 Å². The Bertz CT molecular complexity index is 5630. The molecule has 2 aliphatic rings. The van der Waals surface area contributed by atoms with Crippen molar-refractivity contribution < 1.29 is 82.2 Å². The number of ether oxygens (including phenoxy) is 2. The van der Waals surface area contributed by atoms with Crippen LogP contribution in [-0.4, -0.2) is 119 Å². The molecule has 2 aromatic heterocycles. The Morgan fingerprint density at radius 3 is 1.26 bits per heavy atom. The summed E-state index contributed by atoms with van der Waals surface area (Å²) >= 11 is 0.518. The molecule has 0 spiro atoms. The van der Waals surface area contributed by atoms with Gasteiger partial charge in [-0.25, -0.2) is 17.6 Å². The lowest BCUT2D eigenvalue weighted by Crippen LogP contribution is -2.48. The Labute approximate surface area is 636 Å². The van der Waals surface area contributed by atoms with Crippen molar-refractivity contribution in [3.05, 3.63) is 270 Å². The van der Waals surface area contributed by atoms with Gasteiger partial charge < -0.3 is 38.2 Å². The van der Waals surface area contributed by atoms with Gasteiger partial charge in [-0.15, -0.1) is 23.5 Å². The van der Waals surface area contributed by atoms with Crippen molar-refractivity contribution in [2.75, 3.05) is 66.7 Å². The number of nitrogens with zero attached hydrogens (tertiary/aromatic N) is 6. The predicted molar refractivity (Wildman–Crippen MR) is 395 cm³/mol. The summed E-state index contributed by atoms with van der Waals surface area (Å²) in [4.78, 5) is 64.6. The minimum Gasteiger partial charge on any atom is -0.383 e. The number of amides is 2. The van der Waals surface area contributed by atoms with Crippen molar-refractivity contribution in [1.82, 2.24) is 28.7 Å². The number of pyridine rings is 2. The molecule has 24 heteroatoms. The molecule has 10 aromatic rings. The smallest absolute Gasteiger partial charge is 0.383 e. The van der Waals surface area contributed by atoms with Crippen LogP contribution in [0.15, 0.2) is 201 Å². The van der Waals surface area contributed by atoms with Crippen LogP contribution in [0.5, 0.6) is 0 Å². The summed E-state index contributed by atoms with van der Waals surface area (Å²) < 4.78 is 275. The van der Waals surface area contributed by atoms with Crippen molar-refractivity contribution >= 4 is 57.1 Å². The summed E-state index contributed by atoms with van der Waals surface area (Å²) in [5.74, 6) is -8.16. The highest BCUT2D eigenvalue weighted by atomic mass is 32.2. The number of thioether (sulfide) groups is 2. The number of aromatic nitrogens is 2. The predicted octanol–water partition coefficient (Wildman–Crippen LogP) is 17.4. The zero-order chi connectivity index (χ0) is 87.7. The van der Waals surface area contributed by atoms with Gasteiger partial charge in [0.05, 0.1) is 61.9 Å². The summed E-state index contributed by atoms with van der Waals surface area (Å²) in [5.41, 5.74) is -6.31. The molecule has 0 radical (unpaired) electrons. The molecule has 0 N–H and O–H groups in total. The maximum atomic E-state index is 15.1. The average Bonchev–Trinajstić information content (AvgIpc) is 0.720. The van der Waals surface area contributed by atoms with Gasteiger partial charge in [-0.3, -0.25) is 19.2 Å². The molecular weight excluding hydrogens is 1420 g/mol. The maximum absolute atomic E-state index is 15.1. The molecule has 0 unspecified atom stereocenters. The summed E-state index contributed by atoms with van der Waals surface area (Å²) in [5, 5.41) is -2.58. The topological polar surface area (TPSA) is 110 Å². The molecular formula is C82H80F10N6O6S2. The first-order chi connectivity index (χ1) is 56.5. The molecule has 2 aliphatic heterocycles. The molecule has 12 rings (SSSR count). The second-order valence-corrected chi connectivity index (χ2v) is 27.0. The van der Waals surface area contributed by atoms with Crippen molar-refractivity contribution in [2.45, 2.75) is 112 Å². The van der Waals surface area contributed by atoms with E-state index in [0.717, 1.165) is 48.5 Å². The third-order valence-corrected chi connectivity index (χ3v) is 19.9. The molecule has 0 atom stereocenters. The first-order valence-electron chi connectivity index (χ1n) is 40.6. The zero-order valence-corrected chi connectivity index (χ0v) is 59.3. The van der Waals surface area contributed by atoms with Gasteiger partial charge in [-0.1, -0.05) is 120 Å². The van der Waals surface area contributed by atoms with Gasteiger partial charge in [-0.2, -0.15) is 26.3 Å². The quantitative estimate of drug-likeness (QED) is 0.0428. The Balaban J connectivity index is 0.000000235. The summed E-state index contributed by atoms with van der Waals surface area (Å²) in [6, 6.07) is 21.7. The lowest BCUT2D eigenvalue weighted by molar-refractivity contribution is -0.138. The number of piperidine rings is 2. The van der Waals surface area contributed by atoms with Crippen LogP contribution in [0.1, 0.15) is 89.4 Å². The number of fused-ring (bicyclic) bond motifs is 2. The van der Waals surface area contributed by atoms with Gasteiger partial charge in [0.2, 0.25) is 11.8 Å². The van der Waals surface area contributed by atoms with Crippen molar-refractivity contribution in [2.24, 2.45) is 0 Å². The lowest BCUT2D eigenvalue weighted by atomic mass is 10.00. The highest BCUT2D eigenvalue weighted by Gasteiger charge is 2.34. The minimum absolute atomic E-state index is 0.0615. The van der Waals surface area contributed by atoms with E-state index < -0.39 is 192 Å². The first kappa shape index (κ1) is 61.0. The Hall–Kier alpha value is -9.04. The van der Waals surface area contributed by atoms with Crippen molar-refractivity contribution in [3.8, 4) is 22.3 Å². The number of likely N-dealkylation sites (tertiary alicyclic amines) is 2. The lowest BCUT2D eigenvalue weighted by Gasteiger charge is -2.39. The van der Waals surface area contributed by atoms with Gasteiger partial charge in [0.15, 0.2) is 34.1 Å². The van der Waals surface area contributed by atoms with Crippen LogP contribution >= 0.6 is 23.5 Å². The average molecular weight is 1510 g/mol. The molecule has 0 aliphatic carbocycles. The number of hydrogen-bond acceptors (Lipinski definition) is 10. The number of halogens is 10. The van der Waals surface area contributed by atoms with Gasteiger partial charge in [0.25, 0.3) is 0 Å². The van der Waals surface area contributed by atoms with E-state index >= 15 is 14.0 Å². The van der Waals surface area contributed by atoms with Crippen molar-refractivity contribution in [1.29, 1.82) is 0 Å². The number of carbonyl (C=O) groups excluding carboxylic acids is 2. The summed E-state index contributed by atoms with van der Waals surface area (Å²) in [6.45, 7) is -0.171. The number of rotatable bonds is 24. The van der Waals surface area contributed by atoms with E-state index in [4.69, 9.17) is 23.2 Å². The van der Waals surface area contributed by atoms with Crippen LogP contribution in [-0.2, 0) is 69.0 Å². The highest BCUT2D eigenvalue weighted by Crippen LogP contribution is 2.36.